The quantitative estimate of drug-likeness (QED) is 0.880. The van der Waals surface area contributed by atoms with E-state index in [2.05, 4.69) is 5.32 Å². The van der Waals surface area contributed by atoms with Gasteiger partial charge in [-0.25, -0.2) is 0 Å². The maximum absolute atomic E-state index is 11.6. The van der Waals surface area contributed by atoms with E-state index < -0.39 is 0 Å². The Bertz CT molecular complexity index is 327. The summed E-state index contributed by atoms with van der Waals surface area (Å²) in [6.45, 7) is 7.88. The zero-order valence-corrected chi connectivity index (χ0v) is 11.1. The highest BCUT2D eigenvalue weighted by Crippen LogP contribution is 2.17. The molecule has 1 N–H and O–H groups in total. The topological polar surface area (TPSA) is 38.3 Å². The number of carbonyl (C=O) groups is 1. The van der Waals surface area contributed by atoms with Crippen LogP contribution in [0.15, 0.2) is 17.5 Å². The van der Waals surface area contributed by atoms with Crippen molar-refractivity contribution in [2.75, 3.05) is 6.61 Å². The van der Waals surface area contributed by atoms with Gasteiger partial charge in [-0.15, -0.1) is 11.3 Å². The molecule has 0 unspecified atom stereocenters. The predicted molar refractivity (Wildman–Crippen MR) is 66.6 cm³/mol. The molecule has 1 aromatic heterocycles. The largest absolute Gasteiger partial charge is 0.366 e. The Morgan fingerprint density at radius 1 is 1.56 bits per heavy atom. The van der Waals surface area contributed by atoms with Crippen molar-refractivity contribution in [1.82, 2.24) is 5.32 Å². The molecule has 1 heterocycles. The third-order valence-corrected chi connectivity index (χ3v) is 3.04. The second-order valence-electron chi connectivity index (χ2n) is 4.71. The summed E-state index contributed by atoms with van der Waals surface area (Å²) in [4.78, 5) is 12.7. The molecule has 0 spiro atoms. The minimum absolute atomic E-state index is 0.0519. The van der Waals surface area contributed by atoms with Crippen molar-refractivity contribution in [2.45, 2.75) is 39.3 Å². The number of ether oxygens (including phenoxy) is 1. The molecule has 90 valence electrons. The molecule has 4 heteroatoms. The highest BCUT2D eigenvalue weighted by molar-refractivity contribution is 7.10. The highest BCUT2D eigenvalue weighted by atomic mass is 32.1. The third kappa shape index (κ3) is 4.77. The van der Waals surface area contributed by atoms with Crippen LogP contribution in [0.4, 0.5) is 0 Å². The van der Waals surface area contributed by atoms with Crippen LogP contribution in [0.1, 0.15) is 38.6 Å². The Morgan fingerprint density at radius 3 is 2.75 bits per heavy atom. The number of rotatable bonds is 4. The minimum Gasteiger partial charge on any atom is -0.366 e. The number of thiophene rings is 1. The Hall–Kier alpha value is -0.870. The summed E-state index contributed by atoms with van der Waals surface area (Å²) < 4.78 is 5.40. The van der Waals surface area contributed by atoms with E-state index in [0.717, 1.165) is 4.88 Å². The van der Waals surface area contributed by atoms with Gasteiger partial charge in [0, 0.05) is 4.88 Å². The SMILES string of the molecule is C[C@H](NC(=O)COC(C)(C)C)c1cccs1. The van der Waals surface area contributed by atoms with Gasteiger partial charge >= 0.3 is 0 Å². The summed E-state index contributed by atoms with van der Waals surface area (Å²) in [5, 5.41) is 4.90. The predicted octanol–water partition coefficient (Wildman–Crippen LogP) is 2.74. The molecular weight excluding hydrogens is 222 g/mol. The first-order chi connectivity index (χ1) is 7.38. The number of hydrogen-bond acceptors (Lipinski definition) is 3. The Kier molecular flexibility index (Phi) is 4.50. The second-order valence-corrected chi connectivity index (χ2v) is 5.68. The normalized spacial score (nSPS) is 13.5. The molecule has 1 atom stereocenters. The summed E-state index contributed by atoms with van der Waals surface area (Å²) in [7, 11) is 0. The Morgan fingerprint density at radius 2 is 2.25 bits per heavy atom. The lowest BCUT2D eigenvalue weighted by molar-refractivity contribution is -0.131. The summed E-state index contributed by atoms with van der Waals surface area (Å²) in [5.74, 6) is -0.0733. The average Bonchev–Trinajstić information content (AvgIpc) is 2.66. The fraction of sp³-hybridized carbons (Fsp3) is 0.583. The van der Waals surface area contributed by atoms with Crippen LogP contribution in [0.5, 0.6) is 0 Å². The number of nitrogens with one attached hydrogen (secondary N) is 1. The molecule has 3 nitrogen and oxygen atoms in total. The zero-order valence-electron chi connectivity index (χ0n) is 10.2. The van der Waals surface area contributed by atoms with Gasteiger partial charge in [-0.2, -0.15) is 0 Å². The van der Waals surface area contributed by atoms with E-state index in [-0.39, 0.29) is 24.2 Å². The lowest BCUT2D eigenvalue weighted by Crippen LogP contribution is -2.33. The maximum atomic E-state index is 11.6. The van der Waals surface area contributed by atoms with Gasteiger partial charge in [0.15, 0.2) is 0 Å². The minimum atomic E-state index is -0.274. The van der Waals surface area contributed by atoms with E-state index in [4.69, 9.17) is 4.74 Å². The summed E-state index contributed by atoms with van der Waals surface area (Å²) in [6.07, 6.45) is 0. The van der Waals surface area contributed by atoms with Gasteiger partial charge in [-0.3, -0.25) is 4.79 Å². The molecule has 0 aliphatic carbocycles. The molecule has 1 rings (SSSR count). The molecule has 0 saturated carbocycles. The first-order valence-electron chi connectivity index (χ1n) is 5.35. The second kappa shape index (κ2) is 5.46. The fourth-order valence-corrected chi connectivity index (χ4v) is 1.91. The lowest BCUT2D eigenvalue weighted by atomic mass is 10.2. The Labute approximate surface area is 101 Å². The van der Waals surface area contributed by atoms with Crippen LogP contribution >= 0.6 is 11.3 Å². The summed E-state index contributed by atoms with van der Waals surface area (Å²) in [5.41, 5.74) is -0.274. The van der Waals surface area contributed by atoms with Gasteiger partial charge in [0.25, 0.3) is 0 Å². The van der Waals surface area contributed by atoms with Crippen LogP contribution in [0.25, 0.3) is 0 Å². The van der Waals surface area contributed by atoms with Crippen molar-refractivity contribution in [1.29, 1.82) is 0 Å². The smallest absolute Gasteiger partial charge is 0.246 e. The summed E-state index contributed by atoms with van der Waals surface area (Å²) >= 11 is 1.64. The number of hydrogen-bond donors (Lipinski definition) is 1. The van der Waals surface area contributed by atoms with Crippen LogP contribution in [-0.2, 0) is 9.53 Å². The van der Waals surface area contributed by atoms with Crippen molar-refractivity contribution < 1.29 is 9.53 Å². The zero-order chi connectivity index (χ0) is 12.2. The van der Waals surface area contributed by atoms with E-state index in [0.29, 0.717) is 0 Å². The summed E-state index contributed by atoms with van der Waals surface area (Å²) in [6, 6.07) is 4.05. The maximum Gasteiger partial charge on any atom is 0.246 e. The van der Waals surface area contributed by atoms with Crippen molar-refractivity contribution in [2.24, 2.45) is 0 Å². The van der Waals surface area contributed by atoms with Crippen LogP contribution in [0, 0.1) is 0 Å². The van der Waals surface area contributed by atoms with Gasteiger partial charge in [0.05, 0.1) is 11.6 Å². The molecule has 0 aromatic carbocycles. The highest BCUT2D eigenvalue weighted by Gasteiger charge is 2.15. The van der Waals surface area contributed by atoms with E-state index in [1.807, 2.05) is 45.2 Å². The van der Waals surface area contributed by atoms with E-state index in [1.54, 1.807) is 11.3 Å². The molecule has 0 saturated heterocycles. The average molecular weight is 241 g/mol. The molecule has 0 radical (unpaired) electrons. The molecule has 0 fully saturated rings. The monoisotopic (exact) mass is 241 g/mol. The first kappa shape index (κ1) is 13.2. The number of amides is 1. The van der Waals surface area contributed by atoms with Gasteiger partial charge in [-0.05, 0) is 39.1 Å². The van der Waals surface area contributed by atoms with Gasteiger partial charge in [-0.1, -0.05) is 6.07 Å². The van der Waals surface area contributed by atoms with Crippen LogP contribution in [0.3, 0.4) is 0 Å². The lowest BCUT2D eigenvalue weighted by Gasteiger charge is -2.20. The molecule has 1 aromatic rings. The van der Waals surface area contributed by atoms with Crippen molar-refractivity contribution in [3.63, 3.8) is 0 Å². The van der Waals surface area contributed by atoms with Gasteiger partial charge < -0.3 is 10.1 Å². The van der Waals surface area contributed by atoms with E-state index in [9.17, 15) is 4.79 Å². The van der Waals surface area contributed by atoms with Crippen molar-refractivity contribution >= 4 is 17.2 Å². The van der Waals surface area contributed by atoms with Crippen LogP contribution in [0.2, 0.25) is 0 Å². The van der Waals surface area contributed by atoms with Gasteiger partial charge in [0.2, 0.25) is 5.91 Å². The van der Waals surface area contributed by atoms with Gasteiger partial charge in [0.1, 0.15) is 6.61 Å². The fourth-order valence-electron chi connectivity index (χ4n) is 1.17. The van der Waals surface area contributed by atoms with E-state index >= 15 is 0 Å². The van der Waals surface area contributed by atoms with Crippen molar-refractivity contribution in [3.8, 4) is 0 Å². The number of carbonyl (C=O) groups excluding carboxylic acids is 1. The standard InChI is InChI=1S/C12H19NO2S/c1-9(10-6-5-7-16-10)13-11(14)8-15-12(2,3)4/h5-7,9H,8H2,1-4H3,(H,13,14)/t9-/m0/s1. The molecule has 16 heavy (non-hydrogen) atoms. The molecule has 0 bridgehead atoms. The van der Waals surface area contributed by atoms with Crippen LogP contribution < -0.4 is 5.32 Å². The molecule has 0 aliphatic rings. The Balaban J connectivity index is 2.35. The first-order valence-corrected chi connectivity index (χ1v) is 6.23. The third-order valence-electron chi connectivity index (χ3n) is 1.98. The van der Waals surface area contributed by atoms with E-state index in [1.165, 1.54) is 0 Å². The molecule has 0 aliphatic heterocycles. The molecule has 1 amide bonds. The van der Waals surface area contributed by atoms with Crippen LogP contribution in [-0.4, -0.2) is 18.1 Å². The molecular formula is C12H19NO2S. The van der Waals surface area contributed by atoms with Crippen molar-refractivity contribution in [3.05, 3.63) is 22.4 Å².